The van der Waals surface area contributed by atoms with E-state index in [4.69, 9.17) is 21.1 Å². The van der Waals surface area contributed by atoms with Crippen LogP contribution >= 0.6 is 11.6 Å². The molecule has 1 amide bonds. The highest BCUT2D eigenvalue weighted by Crippen LogP contribution is 2.43. The van der Waals surface area contributed by atoms with E-state index in [1.54, 1.807) is 31.3 Å². The second-order valence-corrected chi connectivity index (χ2v) is 16.9. The van der Waals surface area contributed by atoms with Gasteiger partial charge in [-0.2, -0.15) is 0 Å². The van der Waals surface area contributed by atoms with Crippen molar-refractivity contribution in [1.29, 1.82) is 0 Å². The van der Waals surface area contributed by atoms with E-state index in [1.165, 1.54) is 35.0 Å². The summed E-state index contributed by atoms with van der Waals surface area (Å²) >= 11 is 6.22. The zero-order valence-electron chi connectivity index (χ0n) is 31.4. The summed E-state index contributed by atoms with van der Waals surface area (Å²) in [5.74, 6) is -0.585. The number of benzene rings is 3. The molecule has 0 unspecified atom stereocenters. The summed E-state index contributed by atoms with van der Waals surface area (Å²) in [4.78, 5) is 36.3. The molecule has 15 heteroatoms. The van der Waals surface area contributed by atoms with E-state index in [0.717, 1.165) is 80.2 Å². The van der Waals surface area contributed by atoms with Crippen molar-refractivity contribution < 1.29 is 27.6 Å². The number of aromatic amines is 1. The Labute approximate surface area is 330 Å². The Balaban J connectivity index is 1.12. The van der Waals surface area contributed by atoms with Crippen LogP contribution in [0.5, 0.6) is 17.2 Å². The summed E-state index contributed by atoms with van der Waals surface area (Å²) in [5.41, 5.74) is 5.20. The molecule has 2 aliphatic rings. The average molecular weight is 799 g/mol. The lowest BCUT2D eigenvalue weighted by Gasteiger charge is -2.39. The number of pyridine rings is 1. The first-order chi connectivity index (χ1) is 26.8. The number of sulfonamides is 1. The molecular weight excluding hydrogens is 756 g/mol. The maximum atomic E-state index is 13.7. The van der Waals surface area contributed by atoms with Gasteiger partial charge in [-0.1, -0.05) is 43.2 Å². The van der Waals surface area contributed by atoms with Crippen LogP contribution in [0.4, 0.5) is 11.4 Å². The van der Waals surface area contributed by atoms with Gasteiger partial charge in [0, 0.05) is 67.1 Å². The monoisotopic (exact) mass is 798 g/mol. The molecule has 7 rings (SSSR count). The van der Waals surface area contributed by atoms with Gasteiger partial charge in [0.15, 0.2) is 5.75 Å². The number of allylic oxidation sites excluding steroid dienone is 1. The summed E-state index contributed by atoms with van der Waals surface area (Å²) in [6.45, 7) is 10.4. The number of carbonyl (C=O) groups excluding carboxylic acids is 1. The van der Waals surface area contributed by atoms with Gasteiger partial charge in [0.05, 0.1) is 28.2 Å². The fraction of sp³-hybridized carbons (Fsp3) is 0.317. The number of nitro groups is 1. The quantitative estimate of drug-likeness (QED) is 0.0930. The van der Waals surface area contributed by atoms with Crippen LogP contribution in [0.3, 0.4) is 0 Å². The summed E-state index contributed by atoms with van der Waals surface area (Å²) in [6.07, 6.45) is 6.46. The number of anilines is 1. The minimum Gasteiger partial charge on any atom is -0.487 e. The van der Waals surface area contributed by atoms with Crippen LogP contribution in [0.25, 0.3) is 16.6 Å². The second kappa shape index (κ2) is 16.0. The number of nitrogens with one attached hydrogen (secondary N) is 2. The van der Waals surface area contributed by atoms with Crippen LogP contribution in [0.1, 0.15) is 56.0 Å². The molecule has 292 valence electrons. The number of rotatable bonds is 12. The van der Waals surface area contributed by atoms with Gasteiger partial charge < -0.3 is 19.4 Å². The molecule has 1 saturated heterocycles. The zero-order valence-corrected chi connectivity index (χ0v) is 33.0. The molecular formula is C41H43ClN6O7S. The van der Waals surface area contributed by atoms with Crippen molar-refractivity contribution in [3.05, 3.63) is 117 Å². The van der Waals surface area contributed by atoms with E-state index < -0.39 is 31.4 Å². The molecule has 3 aromatic carbocycles. The highest BCUT2D eigenvalue weighted by atomic mass is 35.5. The van der Waals surface area contributed by atoms with E-state index in [9.17, 15) is 23.3 Å². The van der Waals surface area contributed by atoms with Crippen LogP contribution in [-0.2, 0) is 10.0 Å². The molecule has 1 fully saturated rings. The van der Waals surface area contributed by atoms with Crippen molar-refractivity contribution in [3.8, 4) is 17.2 Å². The first-order valence-electron chi connectivity index (χ1n) is 18.5. The van der Waals surface area contributed by atoms with Gasteiger partial charge in [-0.15, -0.1) is 0 Å². The van der Waals surface area contributed by atoms with Gasteiger partial charge in [0.25, 0.3) is 15.9 Å². The molecule has 0 atom stereocenters. The van der Waals surface area contributed by atoms with Crippen molar-refractivity contribution in [3.63, 3.8) is 0 Å². The number of H-pyrrole nitrogens is 1. The Bertz CT molecular complexity index is 2420. The molecule has 0 radical (unpaired) electrons. The summed E-state index contributed by atoms with van der Waals surface area (Å²) in [5, 5.41) is 13.2. The third-order valence-electron chi connectivity index (χ3n) is 10.3. The summed E-state index contributed by atoms with van der Waals surface area (Å²) in [7, 11) is -4.54. The van der Waals surface area contributed by atoms with Gasteiger partial charge in [-0.3, -0.25) is 19.8 Å². The lowest BCUT2D eigenvalue weighted by atomic mass is 9.72. The maximum Gasteiger partial charge on any atom is 0.312 e. The number of nitrogens with zero attached hydrogens (tertiary/aromatic N) is 4. The Morgan fingerprint density at radius 3 is 2.52 bits per heavy atom. The molecule has 2 N–H and O–H groups in total. The highest BCUT2D eigenvalue weighted by molar-refractivity contribution is 7.90. The van der Waals surface area contributed by atoms with Crippen LogP contribution in [0.15, 0.2) is 95.7 Å². The summed E-state index contributed by atoms with van der Waals surface area (Å²) < 4.78 is 40.4. The van der Waals surface area contributed by atoms with Crippen molar-refractivity contribution in [2.75, 3.05) is 44.2 Å². The first kappa shape index (κ1) is 38.8. The Kier molecular flexibility index (Phi) is 11.1. The predicted molar refractivity (Wildman–Crippen MR) is 216 cm³/mol. The van der Waals surface area contributed by atoms with E-state index in [1.807, 2.05) is 18.2 Å². The van der Waals surface area contributed by atoms with Crippen LogP contribution in [0.2, 0.25) is 5.02 Å². The van der Waals surface area contributed by atoms with E-state index >= 15 is 0 Å². The van der Waals surface area contributed by atoms with Crippen molar-refractivity contribution in [2.24, 2.45) is 5.41 Å². The molecule has 2 aromatic heterocycles. The van der Waals surface area contributed by atoms with Gasteiger partial charge in [-0.05, 0) is 91.3 Å². The van der Waals surface area contributed by atoms with Crippen molar-refractivity contribution in [2.45, 2.75) is 44.9 Å². The van der Waals surface area contributed by atoms with E-state index in [-0.39, 0.29) is 29.1 Å². The normalized spacial score (nSPS) is 16.2. The molecule has 0 bridgehead atoms. The van der Waals surface area contributed by atoms with Crippen molar-refractivity contribution in [1.82, 2.24) is 19.6 Å². The molecule has 0 saturated carbocycles. The number of hydrogen-bond acceptors (Lipinski definition) is 10. The highest BCUT2D eigenvalue weighted by Gasteiger charge is 2.30. The van der Waals surface area contributed by atoms with Gasteiger partial charge in [0.2, 0.25) is 0 Å². The minimum absolute atomic E-state index is 0.0487. The number of nitro benzene ring substituents is 1. The number of carbonyl (C=O) groups is 1. The fourth-order valence-corrected chi connectivity index (χ4v) is 8.41. The number of piperazine rings is 1. The minimum atomic E-state index is -4.54. The smallest absolute Gasteiger partial charge is 0.312 e. The number of halogens is 1. The van der Waals surface area contributed by atoms with E-state index in [2.05, 4.69) is 50.5 Å². The molecule has 1 aliphatic heterocycles. The number of aromatic nitrogens is 2. The average Bonchev–Trinajstić information content (AvgIpc) is 3.64. The van der Waals surface area contributed by atoms with Crippen LogP contribution < -0.4 is 19.1 Å². The number of fused-ring (bicyclic) bond motifs is 1. The lowest BCUT2D eigenvalue weighted by molar-refractivity contribution is -0.386. The molecule has 5 aromatic rings. The Morgan fingerprint density at radius 2 is 1.79 bits per heavy atom. The fourth-order valence-electron chi connectivity index (χ4n) is 7.30. The molecule has 1 aliphatic carbocycles. The van der Waals surface area contributed by atoms with Crippen LogP contribution in [0, 0.1) is 15.5 Å². The summed E-state index contributed by atoms with van der Waals surface area (Å²) in [6, 6.07) is 20.0. The molecule has 13 nitrogen and oxygen atoms in total. The first-order valence-corrected chi connectivity index (χ1v) is 20.3. The van der Waals surface area contributed by atoms with Gasteiger partial charge in [0.1, 0.15) is 17.1 Å². The molecule has 0 spiro atoms. The van der Waals surface area contributed by atoms with E-state index in [0.29, 0.717) is 11.4 Å². The SMILES string of the molecule is CCOc1ccc(S(=O)(=O)NC(=O)c2ccc(N3CCN(CC4=C(c5ccc(Cl)cc5)CC(C)(C)CC4)CC3)cc2Oc2cnc3[nH]ccc3c2)cc1[N+](=O)[O-]. The molecule has 56 heavy (non-hydrogen) atoms. The molecule has 3 heterocycles. The number of ether oxygens (including phenoxy) is 2. The van der Waals surface area contributed by atoms with Gasteiger partial charge >= 0.3 is 5.69 Å². The number of hydrogen-bond donors (Lipinski definition) is 2. The lowest BCUT2D eigenvalue weighted by Crippen LogP contribution is -2.47. The van der Waals surface area contributed by atoms with Crippen molar-refractivity contribution >= 4 is 55.5 Å². The van der Waals surface area contributed by atoms with Crippen LogP contribution in [-0.4, -0.2) is 73.4 Å². The second-order valence-electron chi connectivity index (χ2n) is 14.8. The zero-order chi connectivity index (χ0) is 39.6. The largest absolute Gasteiger partial charge is 0.487 e. The Hall–Kier alpha value is -5.44. The maximum absolute atomic E-state index is 13.7. The third-order valence-corrected chi connectivity index (χ3v) is 11.9. The predicted octanol–water partition coefficient (Wildman–Crippen LogP) is 8.22. The standard InChI is InChI=1S/C41H43ClN6O7S/c1-4-54-37-12-10-33(23-36(37)48(50)51)56(52,53)45-40(49)34-11-9-31(22-38(34)55-32-21-28-14-16-43-39(28)44-25-32)47-19-17-46(18-20-47)26-29-13-15-41(2,3)24-35(29)27-5-7-30(42)8-6-27/h5-12,14,16,21-23,25H,4,13,15,17-20,24,26H2,1-3H3,(H,43,44)(H,45,49). The number of amides is 1. The third kappa shape index (κ3) is 8.67. The van der Waals surface area contributed by atoms with Gasteiger partial charge in [-0.25, -0.2) is 18.1 Å². The Morgan fingerprint density at radius 1 is 1.02 bits per heavy atom. The topological polar surface area (TPSA) is 160 Å².